The van der Waals surface area contributed by atoms with Crippen LogP contribution < -0.4 is 0 Å². The molecule has 0 aliphatic carbocycles. The molecule has 8 nitrogen and oxygen atoms in total. The Morgan fingerprint density at radius 2 is 1.23 bits per heavy atom. The number of nitrogens with one attached hydrogen (secondary N) is 1. The molecule has 0 saturated heterocycles. The highest BCUT2D eigenvalue weighted by Crippen LogP contribution is 2.28. The van der Waals surface area contributed by atoms with Crippen molar-refractivity contribution in [2.45, 2.75) is 56.9 Å². The SMILES string of the molecule is COC(=O)[C@@H](O)C(C)C.COC(=O)[C@@H](OCc1ccccc1)C(C)C.N=C(OCc1ccccc1)C(Cl)(Cl)Cl. The number of alkyl halides is 3. The van der Waals surface area contributed by atoms with E-state index in [1.807, 2.05) is 74.5 Å². The van der Waals surface area contributed by atoms with Gasteiger partial charge < -0.3 is 24.1 Å². The molecule has 0 saturated carbocycles. The molecule has 0 aromatic heterocycles. The van der Waals surface area contributed by atoms with Gasteiger partial charge in [-0.1, -0.05) is 123 Å². The fraction of sp³-hybridized carbons (Fsp3) is 0.464. The Labute approximate surface area is 246 Å². The number of aliphatic hydroxyl groups excluding tert-OH is 1. The second-order valence-electron chi connectivity index (χ2n) is 8.80. The van der Waals surface area contributed by atoms with E-state index < -0.39 is 22.0 Å². The molecule has 2 rings (SSSR count). The topological polar surface area (TPSA) is 115 Å². The normalized spacial score (nSPS) is 12.2. The molecule has 0 aliphatic rings. The Morgan fingerprint density at radius 1 is 0.795 bits per heavy atom. The van der Waals surface area contributed by atoms with Crippen molar-refractivity contribution in [1.82, 2.24) is 0 Å². The fourth-order valence-corrected chi connectivity index (χ4v) is 2.78. The number of esters is 2. The summed E-state index contributed by atoms with van der Waals surface area (Å²) in [6.07, 6.45) is -1.47. The summed E-state index contributed by atoms with van der Waals surface area (Å²) in [5, 5.41) is 16.2. The largest absolute Gasteiger partial charge is 0.473 e. The van der Waals surface area contributed by atoms with Crippen molar-refractivity contribution in [1.29, 1.82) is 5.41 Å². The Kier molecular flexibility index (Phi) is 18.5. The van der Waals surface area contributed by atoms with Gasteiger partial charge in [0.05, 0.1) is 20.8 Å². The molecule has 0 unspecified atom stereocenters. The lowest BCUT2D eigenvalue weighted by Crippen LogP contribution is -2.30. The van der Waals surface area contributed by atoms with Crippen LogP contribution in [-0.4, -0.2) is 53.2 Å². The Bertz CT molecular complexity index is 968. The molecule has 0 bridgehead atoms. The monoisotopic (exact) mass is 605 g/mol. The van der Waals surface area contributed by atoms with E-state index in [9.17, 15) is 9.59 Å². The average Bonchev–Trinajstić information content (AvgIpc) is 2.91. The van der Waals surface area contributed by atoms with Gasteiger partial charge in [0, 0.05) is 0 Å². The first-order chi connectivity index (χ1) is 18.2. The first-order valence-electron chi connectivity index (χ1n) is 12.1. The first kappa shape index (κ1) is 36.6. The van der Waals surface area contributed by atoms with Crippen LogP contribution in [0, 0.1) is 17.2 Å². The van der Waals surface area contributed by atoms with E-state index in [0.717, 1.165) is 11.1 Å². The van der Waals surface area contributed by atoms with Crippen LogP contribution >= 0.6 is 34.8 Å². The summed E-state index contributed by atoms with van der Waals surface area (Å²) in [5.41, 5.74) is 1.98. The molecule has 2 N–H and O–H groups in total. The van der Waals surface area contributed by atoms with Crippen molar-refractivity contribution >= 4 is 52.6 Å². The molecule has 0 fully saturated rings. The third kappa shape index (κ3) is 16.4. The number of aliphatic hydroxyl groups is 1. The van der Waals surface area contributed by atoms with Crippen LogP contribution in [0.1, 0.15) is 38.8 Å². The van der Waals surface area contributed by atoms with Crippen LogP contribution in [-0.2, 0) is 41.8 Å². The van der Waals surface area contributed by atoms with Crippen molar-refractivity contribution in [3.8, 4) is 0 Å². The molecule has 0 spiro atoms. The van der Waals surface area contributed by atoms with Crippen molar-refractivity contribution in [2.75, 3.05) is 14.2 Å². The molecular weight excluding hydrogens is 569 g/mol. The van der Waals surface area contributed by atoms with Crippen LogP contribution in [0.2, 0.25) is 0 Å². The summed E-state index contributed by atoms with van der Waals surface area (Å²) in [6.45, 7) is 8.04. The number of methoxy groups -OCH3 is 2. The van der Waals surface area contributed by atoms with Gasteiger partial charge in [0.1, 0.15) is 6.61 Å². The molecule has 218 valence electrons. The molecule has 2 aromatic carbocycles. The predicted molar refractivity (Wildman–Crippen MR) is 154 cm³/mol. The van der Waals surface area contributed by atoms with Crippen molar-refractivity contribution in [3.05, 3.63) is 71.8 Å². The summed E-state index contributed by atoms with van der Waals surface area (Å²) in [5.74, 6) is -1.21. The molecule has 0 amide bonds. The third-order valence-electron chi connectivity index (χ3n) is 4.87. The van der Waals surface area contributed by atoms with Gasteiger partial charge in [0.2, 0.25) is 5.90 Å². The van der Waals surface area contributed by atoms with Gasteiger partial charge in [-0.05, 0) is 23.0 Å². The van der Waals surface area contributed by atoms with E-state index in [2.05, 4.69) is 4.74 Å². The number of carbonyl (C=O) groups excluding carboxylic acids is 2. The molecule has 0 radical (unpaired) electrons. The molecule has 39 heavy (non-hydrogen) atoms. The van der Waals surface area contributed by atoms with Crippen LogP contribution in [0.3, 0.4) is 0 Å². The van der Waals surface area contributed by atoms with Crippen molar-refractivity contribution in [2.24, 2.45) is 11.8 Å². The van der Waals surface area contributed by atoms with Gasteiger partial charge in [-0.2, -0.15) is 0 Å². The van der Waals surface area contributed by atoms with Crippen LogP contribution in [0.25, 0.3) is 0 Å². The standard InChI is InChI=1S/C13H18O3.C9H8Cl3NO.C6H12O3/c1-10(2)12(13(14)15-3)16-9-11-7-5-4-6-8-11;10-9(11,12)8(13)14-6-7-4-2-1-3-5-7;1-4(2)5(7)6(8)9-3/h4-8,10,12H,9H2,1-3H3;1-5,13H,6H2;4-5,7H,1-3H3/t12-;;5-/m0.0/s1. The quantitative estimate of drug-likeness (QED) is 0.153. The summed E-state index contributed by atoms with van der Waals surface area (Å²) < 4.78 is 17.7. The van der Waals surface area contributed by atoms with Gasteiger partial charge >= 0.3 is 11.9 Å². The number of rotatable bonds is 9. The maximum Gasteiger partial charge on any atom is 0.335 e. The minimum Gasteiger partial charge on any atom is -0.473 e. The van der Waals surface area contributed by atoms with Gasteiger partial charge in [-0.15, -0.1) is 0 Å². The van der Waals surface area contributed by atoms with E-state index >= 15 is 0 Å². The molecular formula is C28H38Cl3NO7. The molecule has 2 atom stereocenters. The number of benzene rings is 2. The van der Waals surface area contributed by atoms with E-state index in [-0.39, 0.29) is 30.3 Å². The van der Waals surface area contributed by atoms with E-state index in [4.69, 9.17) is 59.5 Å². The van der Waals surface area contributed by atoms with Crippen LogP contribution in [0.5, 0.6) is 0 Å². The van der Waals surface area contributed by atoms with Gasteiger partial charge in [-0.3, -0.25) is 5.41 Å². The summed E-state index contributed by atoms with van der Waals surface area (Å²) in [4.78, 5) is 21.9. The second kappa shape index (κ2) is 19.7. The van der Waals surface area contributed by atoms with Crippen LogP contribution in [0.4, 0.5) is 0 Å². The fourth-order valence-electron chi connectivity index (χ4n) is 2.61. The lowest BCUT2D eigenvalue weighted by molar-refractivity contribution is -0.158. The van der Waals surface area contributed by atoms with Gasteiger partial charge in [0.25, 0.3) is 3.79 Å². The van der Waals surface area contributed by atoms with E-state index in [1.54, 1.807) is 13.8 Å². The molecule has 0 heterocycles. The van der Waals surface area contributed by atoms with Crippen molar-refractivity contribution in [3.63, 3.8) is 0 Å². The molecule has 0 aliphatic heterocycles. The number of halogens is 3. The maximum atomic E-state index is 11.4. The highest BCUT2D eigenvalue weighted by Gasteiger charge is 2.28. The Balaban J connectivity index is 0.000000578. The molecule has 11 heteroatoms. The van der Waals surface area contributed by atoms with Crippen molar-refractivity contribution < 1.29 is 33.6 Å². The number of hydrogen-bond donors (Lipinski definition) is 2. The Hall–Kier alpha value is -2.36. The minimum absolute atomic E-state index is 0.0718. The predicted octanol–water partition coefficient (Wildman–Crippen LogP) is 6.13. The average molecular weight is 607 g/mol. The zero-order valence-corrected chi connectivity index (χ0v) is 25.3. The van der Waals surface area contributed by atoms with Gasteiger partial charge in [-0.25, -0.2) is 9.59 Å². The zero-order valence-electron chi connectivity index (χ0n) is 23.0. The lowest BCUT2D eigenvalue weighted by atomic mass is 10.1. The minimum atomic E-state index is -1.78. The maximum absolute atomic E-state index is 11.4. The van der Waals surface area contributed by atoms with Gasteiger partial charge in [0.15, 0.2) is 12.2 Å². The smallest absolute Gasteiger partial charge is 0.335 e. The molecule has 2 aromatic rings. The zero-order chi connectivity index (χ0) is 30.0. The lowest BCUT2D eigenvalue weighted by Gasteiger charge is -2.18. The summed E-state index contributed by atoms with van der Waals surface area (Å²) in [6, 6.07) is 19.1. The summed E-state index contributed by atoms with van der Waals surface area (Å²) >= 11 is 16.3. The third-order valence-corrected chi connectivity index (χ3v) is 5.38. The highest BCUT2D eigenvalue weighted by atomic mass is 35.6. The highest BCUT2D eigenvalue weighted by molar-refractivity contribution is 6.76. The Morgan fingerprint density at radius 3 is 1.56 bits per heavy atom. The second-order valence-corrected chi connectivity index (χ2v) is 11.1. The van der Waals surface area contributed by atoms with Crippen LogP contribution in [0.15, 0.2) is 60.7 Å². The number of ether oxygens (including phenoxy) is 4. The van der Waals surface area contributed by atoms with E-state index in [0.29, 0.717) is 6.61 Å². The first-order valence-corrected chi connectivity index (χ1v) is 13.2. The summed E-state index contributed by atoms with van der Waals surface area (Å²) in [7, 11) is 2.64. The number of hydrogen-bond acceptors (Lipinski definition) is 8. The van der Waals surface area contributed by atoms with E-state index in [1.165, 1.54) is 14.2 Å². The number of carbonyl (C=O) groups is 2.